The Labute approximate surface area is 345 Å². The van der Waals surface area contributed by atoms with Crippen molar-refractivity contribution in [2.75, 3.05) is 4.90 Å². The number of benzene rings is 8. The van der Waals surface area contributed by atoms with Gasteiger partial charge in [-0.25, -0.2) is 0 Å². The standard InChI is InChI=1S/C55H41N3O/c1-38-14-5-12-25-53(38)58(45-17-3-2-4-18-45)46-36-34-42(35-37-46)50-21-9-11-23-52(50)51-22-10-8-20-49(51)41-28-32-44(33-29-41)55-57-56-54(59-55)43-30-26-40(27-31-43)48-24-13-16-39-15-6-7-19-47(39)48/h2-38,53H,1H3. The van der Waals surface area contributed by atoms with Gasteiger partial charge in [0, 0.05) is 22.5 Å². The van der Waals surface area contributed by atoms with Gasteiger partial charge in [-0.3, -0.25) is 0 Å². The maximum atomic E-state index is 6.23. The molecule has 59 heavy (non-hydrogen) atoms. The normalized spacial score (nSPS) is 14.7. The average molecular weight is 760 g/mol. The van der Waals surface area contributed by atoms with E-state index in [1.54, 1.807) is 0 Å². The molecule has 0 N–H and O–H groups in total. The Morgan fingerprint density at radius 3 is 1.44 bits per heavy atom. The third-order valence-corrected chi connectivity index (χ3v) is 11.4. The second-order valence-corrected chi connectivity index (χ2v) is 15.1. The highest BCUT2D eigenvalue weighted by Crippen LogP contribution is 2.40. The Morgan fingerprint density at radius 1 is 0.390 bits per heavy atom. The molecule has 4 heteroatoms. The molecule has 0 saturated carbocycles. The minimum Gasteiger partial charge on any atom is -0.416 e. The fourth-order valence-electron chi connectivity index (χ4n) is 8.37. The number of fused-ring (bicyclic) bond motifs is 1. The second kappa shape index (κ2) is 15.8. The minimum absolute atomic E-state index is 0.222. The van der Waals surface area contributed by atoms with Gasteiger partial charge < -0.3 is 9.32 Å². The van der Waals surface area contributed by atoms with E-state index in [9.17, 15) is 0 Å². The zero-order valence-corrected chi connectivity index (χ0v) is 32.7. The van der Waals surface area contributed by atoms with Crippen molar-refractivity contribution in [2.24, 2.45) is 5.92 Å². The summed E-state index contributed by atoms with van der Waals surface area (Å²) in [5, 5.41) is 11.3. The van der Waals surface area contributed by atoms with Gasteiger partial charge in [0.25, 0.3) is 0 Å². The molecule has 0 amide bonds. The van der Waals surface area contributed by atoms with Crippen LogP contribution in [0.4, 0.5) is 11.4 Å². The number of hydrogen-bond donors (Lipinski definition) is 0. The van der Waals surface area contributed by atoms with Gasteiger partial charge in [-0.05, 0) is 110 Å². The third-order valence-electron chi connectivity index (χ3n) is 11.4. The van der Waals surface area contributed by atoms with E-state index < -0.39 is 0 Å². The number of rotatable bonds is 9. The molecule has 2 atom stereocenters. The van der Waals surface area contributed by atoms with Crippen LogP contribution in [0.1, 0.15) is 6.92 Å². The maximum Gasteiger partial charge on any atom is 0.248 e. The predicted molar refractivity (Wildman–Crippen MR) is 244 cm³/mol. The lowest BCUT2D eigenvalue weighted by molar-refractivity contribution is 0.584. The average Bonchev–Trinajstić information content (AvgIpc) is 3.81. The van der Waals surface area contributed by atoms with Crippen LogP contribution in [0.25, 0.3) is 78.2 Å². The molecule has 0 spiro atoms. The molecular formula is C55H41N3O. The largest absolute Gasteiger partial charge is 0.416 e. The Balaban J connectivity index is 0.910. The number of hydrogen-bond acceptors (Lipinski definition) is 4. The summed E-state index contributed by atoms with van der Waals surface area (Å²) in [6.45, 7) is 2.28. The Morgan fingerprint density at radius 2 is 0.831 bits per heavy atom. The number of anilines is 2. The van der Waals surface area contributed by atoms with Gasteiger partial charge in [0.1, 0.15) is 0 Å². The highest BCUT2D eigenvalue weighted by molar-refractivity contribution is 5.97. The molecule has 1 aliphatic rings. The summed E-state index contributed by atoms with van der Waals surface area (Å²) in [4.78, 5) is 2.44. The van der Waals surface area contributed by atoms with E-state index >= 15 is 0 Å². The van der Waals surface area contributed by atoms with E-state index in [0.717, 1.165) is 33.5 Å². The molecule has 1 aromatic heterocycles. The summed E-state index contributed by atoms with van der Waals surface area (Å²) in [5.41, 5.74) is 13.4. The van der Waals surface area contributed by atoms with Crippen LogP contribution in [0.2, 0.25) is 0 Å². The summed E-state index contributed by atoms with van der Waals surface area (Å²) in [6.07, 6.45) is 8.89. The lowest BCUT2D eigenvalue weighted by Crippen LogP contribution is -2.35. The molecule has 0 aliphatic heterocycles. The molecule has 10 rings (SSSR count). The minimum atomic E-state index is 0.222. The van der Waals surface area contributed by atoms with Crippen LogP contribution >= 0.6 is 0 Å². The van der Waals surface area contributed by atoms with Crippen LogP contribution in [0.15, 0.2) is 223 Å². The Kier molecular flexibility index (Phi) is 9.57. The van der Waals surface area contributed by atoms with Crippen LogP contribution in [0, 0.1) is 5.92 Å². The number of nitrogens with zero attached hydrogens (tertiary/aromatic N) is 3. The first kappa shape index (κ1) is 35.8. The Bertz CT molecular complexity index is 2940. The first-order chi connectivity index (χ1) is 29.2. The highest BCUT2D eigenvalue weighted by atomic mass is 16.4. The van der Waals surface area contributed by atoms with Gasteiger partial charge in [0.05, 0.1) is 6.04 Å². The zero-order valence-electron chi connectivity index (χ0n) is 32.7. The van der Waals surface area contributed by atoms with E-state index in [-0.39, 0.29) is 6.04 Å². The van der Waals surface area contributed by atoms with Crippen LogP contribution in [0.5, 0.6) is 0 Å². The first-order valence-corrected chi connectivity index (χ1v) is 20.2. The van der Waals surface area contributed by atoms with E-state index in [1.165, 1.54) is 44.3 Å². The number of para-hydroxylation sites is 1. The predicted octanol–water partition coefficient (Wildman–Crippen LogP) is 14.5. The second-order valence-electron chi connectivity index (χ2n) is 15.1. The molecule has 0 fully saturated rings. The van der Waals surface area contributed by atoms with E-state index in [0.29, 0.717) is 17.7 Å². The number of allylic oxidation sites excluding steroid dienone is 2. The van der Waals surface area contributed by atoms with Crippen LogP contribution < -0.4 is 4.90 Å². The van der Waals surface area contributed by atoms with Crippen molar-refractivity contribution in [3.8, 4) is 67.4 Å². The van der Waals surface area contributed by atoms with Crippen molar-refractivity contribution in [1.29, 1.82) is 0 Å². The lowest BCUT2D eigenvalue weighted by atomic mass is 9.89. The molecule has 8 aromatic carbocycles. The van der Waals surface area contributed by atoms with Crippen molar-refractivity contribution in [3.63, 3.8) is 0 Å². The van der Waals surface area contributed by atoms with Gasteiger partial charge in [-0.1, -0.05) is 177 Å². The molecule has 282 valence electrons. The number of aromatic nitrogens is 2. The highest BCUT2D eigenvalue weighted by Gasteiger charge is 2.24. The zero-order chi connectivity index (χ0) is 39.5. The van der Waals surface area contributed by atoms with Gasteiger partial charge in [-0.2, -0.15) is 0 Å². The molecule has 9 aromatic rings. The van der Waals surface area contributed by atoms with E-state index in [2.05, 4.69) is 228 Å². The molecule has 0 radical (unpaired) electrons. The Hall–Kier alpha value is -7.56. The van der Waals surface area contributed by atoms with Crippen LogP contribution in [-0.2, 0) is 0 Å². The first-order valence-electron chi connectivity index (χ1n) is 20.2. The van der Waals surface area contributed by atoms with Gasteiger partial charge in [0.15, 0.2) is 0 Å². The molecule has 1 heterocycles. The molecule has 4 nitrogen and oxygen atoms in total. The molecule has 0 saturated heterocycles. The quantitative estimate of drug-likeness (QED) is 0.147. The van der Waals surface area contributed by atoms with E-state index in [4.69, 9.17) is 4.42 Å². The summed E-state index contributed by atoms with van der Waals surface area (Å²) in [5.74, 6) is 1.36. The smallest absolute Gasteiger partial charge is 0.248 e. The van der Waals surface area contributed by atoms with Gasteiger partial charge in [-0.15, -0.1) is 10.2 Å². The molecular weight excluding hydrogens is 719 g/mol. The fourth-order valence-corrected chi connectivity index (χ4v) is 8.37. The van der Waals surface area contributed by atoms with Crippen molar-refractivity contribution in [3.05, 3.63) is 218 Å². The van der Waals surface area contributed by atoms with Gasteiger partial charge >= 0.3 is 0 Å². The molecule has 1 aliphatic carbocycles. The summed E-state index contributed by atoms with van der Waals surface area (Å²) in [6, 6.07) is 68.9. The van der Waals surface area contributed by atoms with Crippen molar-refractivity contribution >= 4 is 22.1 Å². The molecule has 2 unspecified atom stereocenters. The third kappa shape index (κ3) is 7.06. The van der Waals surface area contributed by atoms with Crippen LogP contribution in [-0.4, -0.2) is 16.2 Å². The van der Waals surface area contributed by atoms with Crippen molar-refractivity contribution < 1.29 is 4.42 Å². The maximum absolute atomic E-state index is 6.23. The topological polar surface area (TPSA) is 42.2 Å². The summed E-state index contributed by atoms with van der Waals surface area (Å²) in [7, 11) is 0. The van der Waals surface area contributed by atoms with E-state index in [1.807, 2.05) is 12.1 Å². The van der Waals surface area contributed by atoms with Crippen molar-refractivity contribution in [2.45, 2.75) is 13.0 Å². The van der Waals surface area contributed by atoms with Crippen LogP contribution in [0.3, 0.4) is 0 Å². The molecule has 0 bridgehead atoms. The summed E-state index contributed by atoms with van der Waals surface area (Å²) >= 11 is 0. The van der Waals surface area contributed by atoms with Gasteiger partial charge in [0.2, 0.25) is 11.8 Å². The SMILES string of the molecule is CC1C=CC=CC1N(c1ccccc1)c1ccc(-c2ccccc2-c2ccccc2-c2ccc(-c3nnc(-c4ccc(-c5cccc6ccccc56)cc4)o3)cc2)cc1. The monoisotopic (exact) mass is 759 g/mol. The fraction of sp³-hybridized carbons (Fsp3) is 0.0545. The lowest BCUT2D eigenvalue weighted by Gasteiger charge is -2.36. The summed E-state index contributed by atoms with van der Waals surface area (Å²) < 4.78 is 6.23. The van der Waals surface area contributed by atoms with Crippen molar-refractivity contribution in [1.82, 2.24) is 10.2 Å².